The van der Waals surface area contributed by atoms with Crippen molar-refractivity contribution in [1.82, 2.24) is 0 Å². The van der Waals surface area contributed by atoms with Crippen LogP contribution >= 0.6 is 0 Å². The van der Waals surface area contributed by atoms with E-state index in [0.717, 1.165) is 24.8 Å². The van der Waals surface area contributed by atoms with Gasteiger partial charge in [0.05, 0.1) is 6.10 Å². The van der Waals surface area contributed by atoms with Crippen LogP contribution < -0.4 is 0 Å². The Morgan fingerprint density at radius 2 is 2.17 bits per heavy atom. The Kier molecular flexibility index (Phi) is 3.30. The van der Waals surface area contributed by atoms with Crippen molar-refractivity contribution < 1.29 is 5.11 Å². The summed E-state index contributed by atoms with van der Waals surface area (Å²) >= 11 is 0. The molecule has 2 unspecified atom stereocenters. The summed E-state index contributed by atoms with van der Waals surface area (Å²) in [5.41, 5.74) is 1.12. The fourth-order valence-electron chi connectivity index (χ4n) is 1.62. The summed E-state index contributed by atoms with van der Waals surface area (Å²) in [6.45, 7) is 7.56. The molecule has 0 spiro atoms. The first-order chi connectivity index (χ1) is 5.74. The minimum absolute atomic E-state index is 0.108. The van der Waals surface area contributed by atoms with Crippen molar-refractivity contribution in [2.75, 3.05) is 0 Å². The average Bonchev–Trinajstić information content (AvgIpc) is 2.47. The molecule has 2 atom stereocenters. The van der Waals surface area contributed by atoms with E-state index in [9.17, 15) is 5.11 Å². The highest BCUT2D eigenvalue weighted by atomic mass is 16.3. The van der Waals surface area contributed by atoms with Gasteiger partial charge >= 0.3 is 0 Å². The molecule has 1 aliphatic carbocycles. The summed E-state index contributed by atoms with van der Waals surface area (Å²) < 4.78 is 0. The summed E-state index contributed by atoms with van der Waals surface area (Å²) in [7, 11) is 0. The predicted octanol–water partition coefficient (Wildman–Crippen LogP) is 2.45. The molecule has 1 nitrogen and oxygen atoms in total. The van der Waals surface area contributed by atoms with Crippen LogP contribution in [0.25, 0.3) is 0 Å². The first kappa shape index (κ1) is 9.27. The highest BCUT2D eigenvalue weighted by Gasteiger charge is 2.23. The highest BCUT2D eigenvalue weighted by molar-refractivity contribution is 5.21. The van der Waals surface area contributed by atoms with Gasteiger partial charge in [0.15, 0.2) is 0 Å². The maximum Gasteiger partial charge on any atom is 0.0546 e. The molecule has 0 radical (unpaired) electrons. The summed E-state index contributed by atoms with van der Waals surface area (Å²) in [5.74, 6) is 0.483. The summed E-state index contributed by atoms with van der Waals surface area (Å²) in [6.07, 6.45) is 8.39. The van der Waals surface area contributed by atoms with Gasteiger partial charge in [-0.3, -0.25) is 0 Å². The Hall–Kier alpha value is -0.820. The van der Waals surface area contributed by atoms with E-state index in [1.807, 2.05) is 12.2 Å². The fourth-order valence-corrected chi connectivity index (χ4v) is 1.62. The molecule has 1 fully saturated rings. The van der Waals surface area contributed by atoms with Gasteiger partial charge in [0, 0.05) is 0 Å². The van der Waals surface area contributed by atoms with Gasteiger partial charge in [-0.2, -0.15) is 0 Å². The van der Waals surface area contributed by atoms with Crippen molar-refractivity contribution in [2.24, 2.45) is 5.92 Å². The van der Waals surface area contributed by atoms with E-state index >= 15 is 0 Å². The van der Waals surface area contributed by atoms with Gasteiger partial charge in [-0.05, 0) is 25.2 Å². The van der Waals surface area contributed by atoms with Crippen molar-refractivity contribution in [3.63, 3.8) is 0 Å². The molecule has 0 aliphatic heterocycles. The van der Waals surface area contributed by atoms with Crippen LogP contribution in [0.5, 0.6) is 0 Å². The van der Waals surface area contributed by atoms with Crippen molar-refractivity contribution in [1.29, 1.82) is 0 Å². The van der Waals surface area contributed by atoms with Gasteiger partial charge in [0.1, 0.15) is 0 Å². The first-order valence-corrected chi connectivity index (χ1v) is 4.40. The molecular weight excluding hydrogens is 148 g/mol. The molecule has 1 heteroatoms. The number of hydrogen-bond acceptors (Lipinski definition) is 1. The van der Waals surface area contributed by atoms with Crippen LogP contribution in [-0.2, 0) is 0 Å². The van der Waals surface area contributed by atoms with Gasteiger partial charge in [0.25, 0.3) is 0 Å². The van der Waals surface area contributed by atoms with Crippen LogP contribution in [0.15, 0.2) is 37.0 Å². The molecule has 0 heterocycles. The molecule has 1 aliphatic rings. The average molecular weight is 164 g/mol. The summed E-state index contributed by atoms with van der Waals surface area (Å²) in [4.78, 5) is 0. The van der Waals surface area contributed by atoms with E-state index in [4.69, 9.17) is 0 Å². The van der Waals surface area contributed by atoms with Crippen molar-refractivity contribution in [3.8, 4) is 0 Å². The normalized spacial score (nSPS) is 29.4. The predicted molar refractivity (Wildman–Crippen MR) is 51.8 cm³/mol. The summed E-state index contributed by atoms with van der Waals surface area (Å²) in [5, 5.41) is 9.29. The molecule has 1 saturated carbocycles. The third-order valence-corrected chi connectivity index (χ3v) is 2.38. The third-order valence-electron chi connectivity index (χ3n) is 2.38. The molecule has 1 N–H and O–H groups in total. The zero-order valence-electron chi connectivity index (χ0n) is 7.37. The Morgan fingerprint density at radius 3 is 2.67 bits per heavy atom. The quantitative estimate of drug-likeness (QED) is 0.635. The minimum Gasteiger partial charge on any atom is -0.393 e. The minimum atomic E-state index is -0.108. The van der Waals surface area contributed by atoms with E-state index < -0.39 is 0 Å². The largest absolute Gasteiger partial charge is 0.393 e. The lowest BCUT2D eigenvalue weighted by Crippen LogP contribution is -2.00. The van der Waals surface area contributed by atoms with Crippen molar-refractivity contribution in [3.05, 3.63) is 37.0 Å². The van der Waals surface area contributed by atoms with Crippen molar-refractivity contribution >= 4 is 0 Å². The molecule has 0 amide bonds. The molecule has 0 aromatic heterocycles. The van der Waals surface area contributed by atoms with Crippen molar-refractivity contribution in [2.45, 2.75) is 25.4 Å². The van der Waals surface area contributed by atoms with E-state index in [-0.39, 0.29) is 6.10 Å². The van der Waals surface area contributed by atoms with E-state index in [1.54, 1.807) is 6.08 Å². The van der Waals surface area contributed by atoms with Crippen LogP contribution in [0.4, 0.5) is 0 Å². The van der Waals surface area contributed by atoms with Gasteiger partial charge in [-0.1, -0.05) is 37.0 Å². The molecule has 0 bridgehead atoms. The standard InChI is InChI=1S/C11H16O/c1-3-4-5-9(2)10-6-7-11(12)8-10/h3-5,10-12H,1-2,6-8H2/b5-4-. The topological polar surface area (TPSA) is 20.2 Å². The Labute approximate surface area is 74.1 Å². The smallest absolute Gasteiger partial charge is 0.0546 e. The molecular formula is C11H16O. The van der Waals surface area contributed by atoms with Crippen LogP contribution in [0.2, 0.25) is 0 Å². The van der Waals surface area contributed by atoms with Gasteiger partial charge in [-0.15, -0.1) is 0 Å². The lowest BCUT2D eigenvalue weighted by Gasteiger charge is -2.07. The van der Waals surface area contributed by atoms with E-state index in [2.05, 4.69) is 13.2 Å². The Morgan fingerprint density at radius 1 is 1.42 bits per heavy atom. The number of aliphatic hydroxyl groups is 1. The second-order valence-corrected chi connectivity index (χ2v) is 3.33. The monoisotopic (exact) mass is 164 g/mol. The third kappa shape index (κ3) is 2.35. The number of aliphatic hydroxyl groups excluding tert-OH is 1. The second-order valence-electron chi connectivity index (χ2n) is 3.33. The Balaban J connectivity index is 2.43. The molecule has 0 aromatic rings. The molecule has 1 rings (SSSR count). The fraction of sp³-hybridized carbons (Fsp3) is 0.455. The maximum atomic E-state index is 9.29. The number of hydrogen-bond donors (Lipinski definition) is 1. The number of rotatable bonds is 3. The lowest BCUT2D eigenvalue weighted by atomic mass is 9.98. The molecule has 0 aromatic carbocycles. The van der Waals surface area contributed by atoms with Crippen LogP contribution in [0.1, 0.15) is 19.3 Å². The highest BCUT2D eigenvalue weighted by Crippen LogP contribution is 2.30. The molecule has 0 saturated heterocycles. The van der Waals surface area contributed by atoms with Gasteiger partial charge < -0.3 is 5.11 Å². The first-order valence-electron chi connectivity index (χ1n) is 4.40. The number of allylic oxidation sites excluding steroid dienone is 4. The summed E-state index contributed by atoms with van der Waals surface area (Å²) in [6, 6.07) is 0. The zero-order valence-corrected chi connectivity index (χ0v) is 7.37. The SMILES string of the molecule is C=C/C=C\C(=C)C1CCC(O)C1. The van der Waals surface area contributed by atoms with Crippen LogP contribution in [0.3, 0.4) is 0 Å². The van der Waals surface area contributed by atoms with Gasteiger partial charge in [-0.25, -0.2) is 0 Å². The maximum absolute atomic E-state index is 9.29. The van der Waals surface area contributed by atoms with Gasteiger partial charge in [0.2, 0.25) is 0 Å². The second kappa shape index (κ2) is 4.27. The Bertz CT molecular complexity index is 203. The lowest BCUT2D eigenvalue weighted by molar-refractivity contribution is 0.180. The van der Waals surface area contributed by atoms with E-state index in [0.29, 0.717) is 5.92 Å². The van der Waals surface area contributed by atoms with Crippen LogP contribution in [0, 0.1) is 5.92 Å². The van der Waals surface area contributed by atoms with E-state index in [1.165, 1.54) is 0 Å². The molecule has 66 valence electrons. The van der Waals surface area contributed by atoms with Crippen LogP contribution in [-0.4, -0.2) is 11.2 Å². The molecule has 12 heavy (non-hydrogen) atoms. The zero-order chi connectivity index (χ0) is 8.97.